The molecular weight excluding hydrogens is 216 g/mol. The number of nitrogens with two attached hydrogens (primary N) is 1. The van der Waals surface area contributed by atoms with Crippen molar-refractivity contribution in [3.63, 3.8) is 0 Å². The van der Waals surface area contributed by atoms with Gasteiger partial charge in [0.1, 0.15) is 6.04 Å². The van der Waals surface area contributed by atoms with Gasteiger partial charge in [-0.3, -0.25) is 9.78 Å². The number of carbonyl (C=O) groups excluding carboxylic acids is 1. The van der Waals surface area contributed by atoms with Crippen molar-refractivity contribution >= 4 is 18.4 Å². The zero-order valence-electron chi connectivity index (χ0n) is 8.77. The molecule has 0 radical (unpaired) electrons. The molecule has 0 spiro atoms. The van der Waals surface area contributed by atoms with E-state index in [0.717, 1.165) is 11.3 Å². The highest BCUT2D eigenvalue weighted by Gasteiger charge is 2.14. The number of aryl methyl sites for hydroxylation is 1. The standard InChI is InChI=1S/C10H14N2O2.ClH/c1-7-3-4-8(12-6-7)5-9(11)10(13)14-2;/h3-4,6,9H,5,11H2,1-2H3;1H/t9-;/m0./s1. The molecule has 5 heteroatoms. The van der Waals surface area contributed by atoms with Crippen LogP contribution in [0.1, 0.15) is 11.3 Å². The molecule has 84 valence electrons. The van der Waals surface area contributed by atoms with E-state index < -0.39 is 12.0 Å². The lowest BCUT2D eigenvalue weighted by molar-refractivity contribution is -0.142. The predicted molar refractivity (Wildman–Crippen MR) is 59.9 cm³/mol. The zero-order valence-corrected chi connectivity index (χ0v) is 9.58. The number of nitrogens with zero attached hydrogens (tertiary/aromatic N) is 1. The summed E-state index contributed by atoms with van der Waals surface area (Å²) in [5.41, 5.74) is 7.47. The molecule has 0 fully saturated rings. The minimum Gasteiger partial charge on any atom is -0.468 e. The summed E-state index contributed by atoms with van der Waals surface area (Å²) in [4.78, 5) is 15.2. The number of pyridine rings is 1. The Balaban J connectivity index is 0.00000196. The summed E-state index contributed by atoms with van der Waals surface area (Å²) >= 11 is 0. The lowest BCUT2D eigenvalue weighted by atomic mass is 10.1. The average molecular weight is 231 g/mol. The highest BCUT2D eigenvalue weighted by Crippen LogP contribution is 2.01. The third kappa shape index (κ3) is 4.27. The molecule has 1 rings (SSSR count). The van der Waals surface area contributed by atoms with Crippen LogP contribution >= 0.6 is 12.4 Å². The first kappa shape index (κ1) is 13.9. The van der Waals surface area contributed by atoms with Gasteiger partial charge < -0.3 is 10.5 Å². The molecule has 4 nitrogen and oxygen atoms in total. The van der Waals surface area contributed by atoms with Gasteiger partial charge in [-0.25, -0.2) is 0 Å². The fourth-order valence-corrected chi connectivity index (χ4v) is 1.08. The van der Waals surface area contributed by atoms with Gasteiger partial charge in [-0.1, -0.05) is 6.07 Å². The van der Waals surface area contributed by atoms with Gasteiger partial charge >= 0.3 is 5.97 Å². The van der Waals surface area contributed by atoms with E-state index in [1.165, 1.54) is 7.11 Å². The Kier molecular flexibility index (Phi) is 5.89. The highest BCUT2D eigenvalue weighted by molar-refractivity contribution is 5.85. The lowest BCUT2D eigenvalue weighted by Gasteiger charge is -2.08. The SMILES string of the molecule is COC(=O)[C@@H](N)Cc1ccc(C)cn1.Cl. The van der Waals surface area contributed by atoms with Gasteiger partial charge in [-0.15, -0.1) is 12.4 Å². The lowest BCUT2D eigenvalue weighted by Crippen LogP contribution is -2.33. The molecule has 0 saturated carbocycles. The smallest absolute Gasteiger partial charge is 0.323 e. The van der Waals surface area contributed by atoms with Crippen LogP contribution in [0.2, 0.25) is 0 Å². The Morgan fingerprint density at radius 2 is 2.27 bits per heavy atom. The van der Waals surface area contributed by atoms with Crippen LogP contribution in [-0.2, 0) is 16.0 Å². The van der Waals surface area contributed by atoms with Gasteiger partial charge in [-0.2, -0.15) is 0 Å². The number of ether oxygens (including phenoxy) is 1. The van der Waals surface area contributed by atoms with E-state index >= 15 is 0 Å². The van der Waals surface area contributed by atoms with Crippen molar-refractivity contribution in [2.24, 2.45) is 5.73 Å². The normalized spacial score (nSPS) is 11.4. The van der Waals surface area contributed by atoms with Crippen LogP contribution in [0.5, 0.6) is 0 Å². The minimum atomic E-state index is -0.629. The molecule has 0 aromatic carbocycles. The monoisotopic (exact) mass is 230 g/mol. The van der Waals surface area contributed by atoms with Gasteiger partial charge in [0, 0.05) is 18.3 Å². The Bertz CT molecular complexity index is 314. The summed E-state index contributed by atoms with van der Waals surface area (Å²) < 4.78 is 4.52. The molecule has 0 bridgehead atoms. The van der Waals surface area contributed by atoms with Crippen LogP contribution in [0, 0.1) is 6.92 Å². The second-order valence-corrected chi connectivity index (χ2v) is 3.16. The van der Waals surface area contributed by atoms with Crippen LogP contribution in [0.25, 0.3) is 0 Å². The Labute approximate surface area is 95.2 Å². The van der Waals surface area contributed by atoms with Gasteiger partial charge in [-0.05, 0) is 18.6 Å². The molecule has 1 aromatic heterocycles. The fourth-order valence-electron chi connectivity index (χ4n) is 1.08. The molecule has 1 aromatic rings. The van der Waals surface area contributed by atoms with Crippen LogP contribution in [0.15, 0.2) is 18.3 Å². The largest absolute Gasteiger partial charge is 0.468 e. The van der Waals surface area contributed by atoms with E-state index in [1.54, 1.807) is 6.20 Å². The first-order valence-corrected chi connectivity index (χ1v) is 4.38. The Morgan fingerprint density at radius 1 is 1.60 bits per heavy atom. The van der Waals surface area contributed by atoms with Crippen molar-refractivity contribution in [1.29, 1.82) is 0 Å². The van der Waals surface area contributed by atoms with E-state index in [0.29, 0.717) is 6.42 Å². The van der Waals surface area contributed by atoms with Crippen LogP contribution in [0.3, 0.4) is 0 Å². The van der Waals surface area contributed by atoms with E-state index in [9.17, 15) is 4.79 Å². The number of hydrogen-bond donors (Lipinski definition) is 1. The third-order valence-corrected chi connectivity index (χ3v) is 1.91. The molecular formula is C10H15ClN2O2. The van der Waals surface area contributed by atoms with Gasteiger partial charge in [0.2, 0.25) is 0 Å². The molecule has 0 unspecified atom stereocenters. The van der Waals surface area contributed by atoms with Crippen LogP contribution in [0.4, 0.5) is 0 Å². The van der Waals surface area contributed by atoms with Crippen molar-refractivity contribution in [2.45, 2.75) is 19.4 Å². The summed E-state index contributed by atoms with van der Waals surface area (Å²) in [6.07, 6.45) is 2.16. The quantitative estimate of drug-likeness (QED) is 0.782. The number of methoxy groups -OCH3 is 1. The van der Waals surface area contributed by atoms with Crippen LogP contribution in [-0.4, -0.2) is 24.1 Å². The molecule has 0 amide bonds. The number of esters is 1. The summed E-state index contributed by atoms with van der Waals surface area (Å²) in [5, 5.41) is 0. The molecule has 0 aliphatic rings. The van der Waals surface area contributed by atoms with E-state index in [2.05, 4.69) is 9.72 Å². The summed E-state index contributed by atoms with van der Waals surface area (Å²) in [6, 6.07) is 3.17. The zero-order chi connectivity index (χ0) is 10.6. The fraction of sp³-hybridized carbons (Fsp3) is 0.400. The second-order valence-electron chi connectivity index (χ2n) is 3.16. The predicted octanol–water partition coefficient (Wildman–Crippen LogP) is 0.855. The summed E-state index contributed by atoms with van der Waals surface area (Å²) in [6.45, 7) is 1.96. The van der Waals surface area contributed by atoms with Crippen molar-refractivity contribution < 1.29 is 9.53 Å². The maximum Gasteiger partial charge on any atom is 0.323 e. The molecule has 15 heavy (non-hydrogen) atoms. The number of aromatic nitrogens is 1. The average Bonchev–Trinajstić information content (AvgIpc) is 2.20. The summed E-state index contributed by atoms with van der Waals surface area (Å²) in [5.74, 6) is -0.410. The highest BCUT2D eigenvalue weighted by atomic mass is 35.5. The van der Waals surface area contributed by atoms with Crippen molar-refractivity contribution in [2.75, 3.05) is 7.11 Å². The molecule has 0 saturated heterocycles. The van der Waals surface area contributed by atoms with Gasteiger partial charge in [0.05, 0.1) is 7.11 Å². The Hall–Kier alpha value is -1.13. The first-order valence-electron chi connectivity index (χ1n) is 4.38. The molecule has 0 aliphatic heterocycles. The van der Waals surface area contributed by atoms with Crippen molar-refractivity contribution in [1.82, 2.24) is 4.98 Å². The molecule has 0 aliphatic carbocycles. The molecule has 2 N–H and O–H groups in total. The van der Waals surface area contributed by atoms with E-state index in [-0.39, 0.29) is 12.4 Å². The van der Waals surface area contributed by atoms with E-state index in [1.807, 2.05) is 19.1 Å². The second kappa shape index (κ2) is 6.37. The maximum absolute atomic E-state index is 11.0. The van der Waals surface area contributed by atoms with Gasteiger partial charge in [0.15, 0.2) is 0 Å². The number of halogens is 1. The summed E-state index contributed by atoms with van der Waals surface area (Å²) in [7, 11) is 1.32. The number of carbonyl (C=O) groups is 1. The minimum absolute atomic E-state index is 0. The topological polar surface area (TPSA) is 65.2 Å². The molecule has 1 heterocycles. The Morgan fingerprint density at radius 3 is 2.73 bits per heavy atom. The maximum atomic E-state index is 11.0. The number of hydrogen-bond acceptors (Lipinski definition) is 4. The van der Waals surface area contributed by atoms with Crippen molar-refractivity contribution in [3.05, 3.63) is 29.6 Å². The molecule has 1 atom stereocenters. The van der Waals surface area contributed by atoms with Gasteiger partial charge in [0.25, 0.3) is 0 Å². The first-order chi connectivity index (χ1) is 6.63. The van der Waals surface area contributed by atoms with E-state index in [4.69, 9.17) is 5.73 Å². The third-order valence-electron chi connectivity index (χ3n) is 1.91. The number of rotatable bonds is 3. The van der Waals surface area contributed by atoms with Crippen molar-refractivity contribution in [3.8, 4) is 0 Å². The van der Waals surface area contributed by atoms with Crippen LogP contribution < -0.4 is 5.73 Å².